The third-order valence-electron chi connectivity index (χ3n) is 5.07. The number of carbonyl (C=O) groups excluding carboxylic acids is 2. The summed E-state index contributed by atoms with van der Waals surface area (Å²) < 4.78 is 0. The van der Waals surface area contributed by atoms with Crippen LogP contribution in [0.2, 0.25) is 0 Å². The molecule has 2 unspecified atom stereocenters. The molecule has 2 saturated heterocycles. The van der Waals surface area contributed by atoms with Crippen LogP contribution >= 0.6 is 0 Å². The highest BCUT2D eigenvalue weighted by Gasteiger charge is 2.35. The second kappa shape index (κ2) is 6.34. The molecule has 1 saturated carbocycles. The van der Waals surface area contributed by atoms with E-state index in [1.807, 2.05) is 4.90 Å². The summed E-state index contributed by atoms with van der Waals surface area (Å²) in [5.41, 5.74) is 0. The number of amides is 2. The van der Waals surface area contributed by atoms with Crippen molar-refractivity contribution in [2.75, 3.05) is 19.6 Å². The Labute approximate surface area is 126 Å². The number of carbonyl (C=O) groups is 2. The van der Waals surface area contributed by atoms with Crippen molar-refractivity contribution >= 4 is 11.8 Å². The van der Waals surface area contributed by atoms with Crippen LogP contribution in [0.1, 0.15) is 45.4 Å². The Morgan fingerprint density at radius 2 is 1.76 bits per heavy atom. The minimum absolute atomic E-state index is 0.160. The van der Waals surface area contributed by atoms with Gasteiger partial charge in [-0.1, -0.05) is 0 Å². The lowest BCUT2D eigenvalue weighted by atomic mass is 9.92. The highest BCUT2D eigenvalue weighted by molar-refractivity contribution is 5.81. The van der Waals surface area contributed by atoms with Gasteiger partial charge in [0.2, 0.25) is 11.8 Å². The molecule has 0 aromatic rings. The summed E-state index contributed by atoms with van der Waals surface area (Å²) in [6.45, 7) is 4.70. The maximum absolute atomic E-state index is 12.3. The molecule has 3 rings (SSSR count). The molecular weight excluding hydrogens is 266 g/mol. The van der Waals surface area contributed by atoms with Gasteiger partial charge in [-0.3, -0.25) is 9.59 Å². The van der Waals surface area contributed by atoms with Gasteiger partial charge in [0.15, 0.2) is 0 Å². The van der Waals surface area contributed by atoms with Crippen molar-refractivity contribution in [2.45, 2.75) is 57.5 Å². The lowest BCUT2D eigenvalue weighted by Gasteiger charge is -2.34. The Hall–Kier alpha value is -1.10. The second-order valence-electron chi connectivity index (χ2n) is 6.96. The predicted molar refractivity (Wildman–Crippen MR) is 80.7 cm³/mol. The Morgan fingerprint density at radius 3 is 2.38 bits per heavy atom. The van der Waals surface area contributed by atoms with E-state index in [4.69, 9.17) is 0 Å². The zero-order valence-corrected chi connectivity index (χ0v) is 12.9. The molecule has 118 valence electrons. The topological polar surface area (TPSA) is 61.4 Å². The zero-order chi connectivity index (χ0) is 14.8. The predicted octanol–water partition coefficient (Wildman–Crippen LogP) is 0.892. The second-order valence-corrected chi connectivity index (χ2v) is 6.96. The van der Waals surface area contributed by atoms with Gasteiger partial charge in [0.05, 0.1) is 0 Å². The third kappa shape index (κ3) is 3.76. The average molecular weight is 293 g/mol. The Kier molecular flexibility index (Phi) is 4.48. The lowest BCUT2D eigenvalue weighted by Crippen LogP contribution is -2.50. The van der Waals surface area contributed by atoms with Crippen molar-refractivity contribution in [1.82, 2.24) is 15.5 Å². The van der Waals surface area contributed by atoms with Crippen molar-refractivity contribution in [3.63, 3.8) is 0 Å². The monoisotopic (exact) mass is 293 g/mol. The van der Waals surface area contributed by atoms with Crippen LogP contribution < -0.4 is 10.6 Å². The van der Waals surface area contributed by atoms with E-state index in [1.54, 1.807) is 0 Å². The van der Waals surface area contributed by atoms with Gasteiger partial charge in [-0.15, -0.1) is 0 Å². The number of likely N-dealkylation sites (tertiary alicyclic amines) is 1. The SMILES string of the molecule is CC1CC(C(=O)NC2CCN(C(=O)C3CC3)CC2)CCN1. The average Bonchev–Trinajstić information content (AvgIpc) is 3.32. The van der Waals surface area contributed by atoms with E-state index < -0.39 is 0 Å². The molecule has 0 aromatic heterocycles. The highest BCUT2D eigenvalue weighted by atomic mass is 16.2. The van der Waals surface area contributed by atoms with Crippen LogP contribution in [-0.2, 0) is 9.59 Å². The van der Waals surface area contributed by atoms with Crippen LogP contribution in [0, 0.1) is 11.8 Å². The largest absolute Gasteiger partial charge is 0.353 e. The Balaban J connectivity index is 1.42. The fourth-order valence-corrected chi connectivity index (χ4v) is 3.52. The summed E-state index contributed by atoms with van der Waals surface area (Å²) in [4.78, 5) is 26.3. The van der Waals surface area contributed by atoms with E-state index in [-0.39, 0.29) is 17.9 Å². The summed E-state index contributed by atoms with van der Waals surface area (Å²) in [6, 6.07) is 0.693. The zero-order valence-electron chi connectivity index (χ0n) is 12.9. The fourth-order valence-electron chi connectivity index (χ4n) is 3.52. The van der Waals surface area contributed by atoms with Gasteiger partial charge in [-0.2, -0.15) is 0 Å². The van der Waals surface area contributed by atoms with E-state index in [0.29, 0.717) is 17.9 Å². The molecule has 5 nitrogen and oxygen atoms in total. The van der Waals surface area contributed by atoms with E-state index in [1.165, 1.54) is 0 Å². The molecule has 21 heavy (non-hydrogen) atoms. The van der Waals surface area contributed by atoms with Gasteiger partial charge in [0, 0.05) is 37.0 Å². The molecule has 0 bridgehead atoms. The third-order valence-corrected chi connectivity index (χ3v) is 5.07. The number of nitrogens with zero attached hydrogens (tertiary/aromatic N) is 1. The number of rotatable bonds is 3. The molecule has 3 fully saturated rings. The maximum Gasteiger partial charge on any atom is 0.225 e. The lowest BCUT2D eigenvalue weighted by molar-refractivity contribution is -0.133. The number of piperidine rings is 2. The van der Waals surface area contributed by atoms with Crippen LogP contribution in [0.15, 0.2) is 0 Å². The molecule has 0 radical (unpaired) electrons. The molecule has 2 amide bonds. The smallest absolute Gasteiger partial charge is 0.225 e. The first-order chi connectivity index (χ1) is 10.1. The molecule has 5 heteroatoms. The highest BCUT2D eigenvalue weighted by Crippen LogP contribution is 2.32. The normalized spacial score (nSPS) is 31.0. The number of hydrogen-bond acceptors (Lipinski definition) is 3. The first-order valence-electron chi connectivity index (χ1n) is 8.46. The van der Waals surface area contributed by atoms with Crippen LogP contribution in [0.25, 0.3) is 0 Å². The van der Waals surface area contributed by atoms with Gasteiger partial charge in [-0.05, 0) is 52.0 Å². The quantitative estimate of drug-likeness (QED) is 0.812. The number of nitrogens with one attached hydrogen (secondary N) is 2. The van der Waals surface area contributed by atoms with Gasteiger partial charge in [0.25, 0.3) is 0 Å². The minimum atomic E-state index is 0.160. The van der Waals surface area contributed by atoms with Crippen LogP contribution in [0.3, 0.4) is 0 Å². The maximum atomic E-state index is 12.3. The van der Waals surface area contributed by atoms with Crippen molar-refractivity contribution in [3.05, 3.63) is 0 Å². The molecule has 2 N–H and O–H groups in total. The van der Waals surface area contributed by atoms with Crippen molar-refractivity contribution < 1.29 is 9.59 Å². The molecule has 2 atom stereocenters. The Morgan fingerprint density at radius 1 is 1.05 bits per heavy atom. The summed E-state index contributed by atoms with van der Waals surface area (Å²) in [6.07, 6.45) is 5.84. The van der Waals surface area contributed by atoms with Crippen molar-refractivity contribution in [1.29, 1.82) is 0 Å². The fraction of sp³-hybridized carbons (Fsp3) is 0.875. The van der Waals surface area contributed by atoms with E-state index in [2.05, 4.69) is 17.6 Å². The van der Waals surface area contributed by atoms with Crippen molar-refractivity contribution in [3.8, 4) is 0 Å². The van der Waals surface area contributed by atoms with E-state index in [0.717, 1.165) is 58.2 Å². The summed E-state index contributed by atoms with van der Waals surface area (Å²) in [7, 11) is 0. The van der Waals surface area contributed by atoms with E-state index in [9.17, 15) is 9.59 Å². The molecule has 0 spiro atoms. The van der Waals surface area contributed by atoms with Crippen LogP contribution in [-0.4, -0.2) is 48.4 Å². The molecule has 3 aliphatic rings. The summed E-state index contributed by atoms with van der Waals surface area (Å²) in [5, 5.41) is 6.59. The molecule has 0 aromatic carbocycles. The summed E-state index contributed by atoms with van der Waals surface area (Å²) in [5.74, 6) is 1.03. The van der Waals surface area contributed by atoms with Gasteiger partial charge in [-0.25, -0.2) is 0 Å². The van der Waals surface area contributed by atoms with Crippen LogP contribution in [0.4, 0.5) is 0 Å². The molecule has 1 aliphatic carbocycles. The first-order valence-corrected chi connectivity index (χ1v) is 8.46. The van der Waals surface area contributed by atoms with Crippen molar-refractivity contribution in [2.24, 2.45) is 11.8 Å². The van der Waals surface area contributed by atoms with Gasteiger partial charge in [0.1, 0.15) is 0 Å². The van der Waals surface area contributed by atoms with Gasteiger partial charge < -0.3 is 15.5 Å². The molecular formula is C16H27N3O2. The van der Waals surface area contributed by atoms with Gasteiger partial charge >= 0.3 is 0 Å². The first kappa shape index (κ1) is 14.8. The summed E-state index contributed by atoms with van der Waals surface area (Å²) >= 11 is 0. The van der Waals surface area contributed by atoms with E-state index >= 15 is 0 Å². The Bertz CT molecular complexity index is 400. The standard InChI is InChI=1S/C16H27N3O2/c1-11-10-13(4-7-17-11)15(20)18-14-5-8-19(9-6-14)16(21)12-2-3-12/h11-14,17H,2-10H2,1H3,(H,18,20). The molecule has 2 heterocycles. The number of hydrogen-bond donors (Lipinski definition) is 2. The van der Waals surface area contributed by atoms with Crippen LogP contribution in [0.5, 0.6) is 0 Å². The molecule has 2 aliphatic heterocycles. The minimum Gasteiger partial charge on any atom is -0.353 e.